The smallest absolute Gasteiger partial charge is 0.306 e. The molecule has 0 spiro atoms. The van der Waals surface area contributed by atoms with Gasteiger partial charge in [0.05, 0.1) is 6.61 Å². The lowest BCUT2D eigenvalue weighted by Gasteiger charge is -2.13. The van der Waals surface area contributed by atoms with E-state index in [0.29, 0.717) is 19.4 Å². The summed E-state index contributed by atoms with van der Waals surface area (Å²) in [6, 6.07) is 0. The zero-order valence-electron chi connectivity index (χ0n) is 16.0. The van der Waals surface area contributed by atoms with E-state index in [4.69, 9.17) is 9.84 Å². The second-order valence-electron chi connectivity index (χ2n) is 7.11. The summed E-state index contributed by atoms with van der Waals surface area (Å²) in [5.74, 6) is -0.906. The first-order chi connectivity index (χ1) is 11.8. The van der Waals surface area contributed by atoms with Gasteiger partial charge in [-0.1, -0.05) is 38.8 Å². The molecule has 0 aromatic heterocycles. The molecule has 1 atom stereocenters. The molecule has 144 valence electrons. The molecular formula is C20H34O5. The molecule has 0 radical (unpaired) electrons. The number of carbonyl (C=O) groups is 3. The first kappa shape index (κ1) is 23.4. The van der Waals surface area contributed by atoms with E-state index >= 15 is 0 Å². The molecule has 0 aliphatic heterocycles. The maximum atomic E-state index is 11.8. The Kier molecular flexibility index (Phi) is 13.7. The van der Waals surface area contributed by atoms with Crippen molar-refractivity contribution < 1.29 is 24.2 Å². The van der Waals surface area contributed by atoms with Crippen molar-refractivity contribution >= 4 is 17.7 Å². The monoisotopic (exact) mass is 354 g/mol. The number of carboxylic acid groups (broad SMARTS) is 1. The van der Waals surface area contributed by atoms with Crippen molar-refractivity contribution in [3.63, 3.8) is 0 Å². The summed E-state index contributed by atoms with van der Waals surface area (Å²) in [6.45, 7) is 5.92. The van der Waals surface area contributed by atoms with Crippen LogP contribution in [0.25, 0.3) is 0 Å². The zero-order valence-corrected chi connectivity index (χ0v) is 16.0. The van der Waals surface area contributed by atoms with Gasteiger partial charge in [-0.05, 0) is 44.4 Å². The molecule has 0 heterocycles. The first-order valence-corrected chi connectivity index (χ1v) is 9.33. The minimum absolute atomic E-state index is 0.0217. The van der Waals surface area contributed by atoms with Gasteiger partial charge in [0.2, 0.25) is 0 Å². The highest BCUT2D eigenvalue weighted by molar-refractivity contribution is 5.75. The number of rotatable bonds is 15. The molecule has 5 nitrogen and oxygen atoms in total. The minimum Gasteiger partial charge on any atom is -0.481 e. The lowest BCUT2D eigenvalue weighted by Crippen LogP contribution is -2.16. The van der Waals surface area contributed by atoms with Crippen LogP contribution in [0.1, 0.15) is 78.6 Å². The Balaban J connectivity index is 3.99. The van der Waals surface area contributed by atoms with Gasteiger partial charge in [0.25, 0.3) is 0 Å². The summed E-state index contributed by atoms with van der Waals surface area (Å²) in [6.07, 6.45) is 10.5. The second kappa shape index (κ2) is 14.7. The fraction of sp³-hybridized carbons (Fsp3) is 0.750. The summed E-state index contributed by atoms with van der Waals surface area (Å²) in [4.78, 5) is 33.5. The minimum atomic E-state index is -0.888. The largest absolute Gasteiger partial charge is 0.481 e. The highest BCUT2D eigenvalue weighted by atomic mass is 16.5. The summed E-state index contributed by atoms with van der Waals surface area (Å²) < 4.78 is 5.13. The van der Waals surface area contributed by atoms with E-state index < -0.39 is 5.97 Å². The van der Waals surface area contributed by atoms with Crippen molar-refractivity contribution in [2.24, 2.45) is 11.8 Å². The average molecular weight is 354 g/mol. The van der Waals surface area contributed by atoms with Crippen molar-refractivity contribution in [1.29, 1.82) is 0 Å². The number of carbonyl (C=O) groups excluding carboxylic acids is 2. The Hall–Kier alpha value is -1.65. The van der Waals surface area contributed by atoms with E-state index in [1.807, 2.05) is 19.9 Å². The second-order valence-corrected chi connectivity index (χ2v) is 7.11. The predicted molar refractivity (Wildman–Crippen MR) is 98.3 cm³/mol. The van der Waals surface area contributed by atoms with E-state index in [9.17, 15) is 14.4 Å². The van der Waals surface area contributed by atoms with Gasteiger partial charge in [-0.2, -0.15) is 0 Å². The van der Waals surface area contributed by atoms with Crippen LogP contribution in [0.4, 0.5) is 0 Å². The number of aliphatic carboxylic acids is 1. The van der Waals surface area contributed by atoms with E-state index in [2.05, 4.69) is 6.08 Å². The average Bonchev–Trinajstić information content (AvgIpc) is 2.50. The number of Topliss-reactive ketones (excluding diaryl/α,β-unsaturated/α-hetero) is 1. The number of unbranched alkanes of at least 4 members (excludes halogenated alkanes) is 4. The molecule has 0 bridgehead atoms. The van der Waals surface area contributed by atoms with Gasteiger partial charge < -0.3 is 14.6 Å². The van der Waals surface area contributed by atoms with Gasteiger partial charge in [0.15, 0.2) is 0 Å². The van der Waals surface area contributed by atoms with Gasteiger partial charge >= 0.3 is 11.9 Å². The third kappa shape index (κ3) is 17.0. The first-order valence-electron chi connectivity index (χ1n) is 9.33. The lowest BCUT2D eigenvalue weighted by molar-refractivity contribution is -0.146. The highest BCUT2D eigenvalue weighted by Gasteiger charge is 2.17. The molecule has 0 rings (SSSR count). The molecule has 25 heavy (non-hydrogen) atoms. The van der Waals surface area contributed by atoms with E-state index in [1.54, 1.807) is 6.92 Å². The fourth-order valence-corrected chi connectivity index (χ4v) is 2.44. The number of hydrogen-bond acceptors (Lipinski definition) is 4. The number of carboxylic acids is 1. The molecule has 0 aliphatic carbocycles. The van der Waals surface area contributed by atoms with Crippen LogP contribution in [0.2, 0.25) is 0 Å². The quantitative estimate of drug-likeness (QED) is 0.265. The summed E-state index contributed by atoms with van der Waals surface area (Å²) in [7, 11) is 0. The molecule has 0 saturated carbocycles. The summed E-state index contributed by atoms with van der Waals surface area (Å²) in [5, 5.41) is 8.98. The maximum Gasteiger partial charge on any atom is 0.306 e. The van der Waals surface area contributed by atoms with Crippen LogP contribution in [-0.4, -0.2) is 29.4 Å². The highest BCUT2D eigenvalue weighted by Crippen LogP contribution is 2.16. The molecular weight excluding hydrogens is 320 g/mol. The normalized spacial score (nSPS) is 12.5. The molecule has 0 aliphatic rings. The van der Waals surface area contributed by atoms with Crippen LogP contribution < -0.4 is 0 Å². The van der Waals surface area contributed by atoms with Crippen molar-refractivity contribution in [1.82, 2.24) is 0 Å². The lowest BCUT2D eigenvalue weighted by atomic mass is 9.97. The third-order valence-corrected chi connectivity index (χ3v) is 3.78. The Bertz CT molecular complexity index is 426. The van der Waals surface area contributed by atoms with Gasteiger partial charge in [0, 0.05) is 19.3 Å². The van der Waals surface area contributed by atoms with Crippen molar-refractivity contribution in [2.75, 3.05) is 6.61 Å². The summed E-state index contributed by atoms with van der Waals surface area (Å²) >= 11 is 0. The molecule has 0 amide bonds. The topological polar surface area (TPSA) is 80.7 Å². The number of ether oxygens (including phenoxy) is 1. The maximum absolute atomic E-state index is 11.8. The van der Waals surface area contributed by atoms with E-state index in [0.717, 1.165) is 32.1 Å². The summed E-state index contributed by atoms with van der Waals surface area (Å²) in [5.41, 5.74) is 0. The molecule has 0 aromatic rings. The van der Waals surface area contributed by atoms with Crippen LogP contribution in [0.3, 0.4) is 0 Å². The standard InChI is InChI=1S/C20H34O5/c1-16(2)15-25-20(24)14-18(13-19(22)23)12-10-8-6-4-5-7-9-11-17(3)21/h8,10,16,18H,4-7,9,11-15H2,1-3H3,(H,22,23)/b10-8+. The Labute approximate surface area is 151 Å². The number of esters is 1. The van der Waals surface area contributed by atoms with Crippen molar-refractivity contribution in [3.8, 4) is 0 Å². The van der Waals surface area contributed by atoms with Crippen LogP contribution in [0.15, 0.2) is 12.2 Å². The van der Waals surface area contributed by atoms with E-state index in [1.165, 1.54) is 0 Å². The third-order valence-electron chi connectivity index (χ3n) is 3.78. The Morgan fingerprint density at radius 2 is 1.68 bits per heavy atom. The van der Waals surface area contributed by atoms with Gasteiger partial charge in [-0.15, -0.1) is 0 Å². The fourth-order valence-electron chi connectivity index (χ4n) is 2.44. The molecule has 1 unspecified atom stereocenters. The Morgan fingerprint density at radius 3 is 2.28 bits per heavy atom. The van der Waals surface area contributed by atoms with Gasteiger partial charge in [0.1, 0.15) is 5.78 Å². The SMILES string of the molecule is CC(=O)CCCCCC/C=C/CC(CC(=O)O)CC(=O)OCC(C)C. The van der Waals surface area contributed by atoms with Gasteiger partial charge in [-0.25, -0.2) is 0 Å². The van der Waals surface area contributed by atoms with Crippen LogP contribution in [0.5, 0.6) is 0 Å². The van der Waals surface area contributed by atoms with Crippen molar-refractivity contribution in [3.05, 3.63) is 12.2 Å². The molecule has 1 N–H and O–H groups in total. The number of hydrogen-bond donors (Lipinski definition) is 1. The molecule has 5 heteroatoms. The Morgan fingerprint density at radius 1 is 1.00 bits per heavy atom. The van der Waals surface area contributed by atoms with Crippen LogP contribution in [-0.2, 0) is 19.1 Å². The van der Waals surface area contributed by atoms with Gasteiger partial charge in [-0.3, -0.25) is 9.59 Å². The number of ketones is 1. The van der Waals surface area contributed by atoms with Crippen LogP contribution >= 0.6 is 0 Å². The number of allylic oxidation sites excluding steroid dienone is 2. The molecule has 0 saturated heterocycles. The van der Waals surface area contributed by atoms with Crippen LogP contribution in [0, 0.1) is 11.8 Å². The predicted octanol–water partition coefficient (Wildman–Crippen LogP) is 4.54. The molecule has 0 fully saturated rings. The van der Waals surface area contributed by atoms with Crippen molar-refractivity contribution in [2.45, 2.75) is 78.6 Å². The van der Waals surface area contributed by atoms with E-state index in [-0.39, 0.29) is 36.4 Å². The molecule has 0 aromatic carbocycles. The zero-order chi connectivity index (χ0) is 19.1.